The normalized spacial score (nSPS) is 14.8. The molecule has 20 heavy (non-hydrogen) atoms. The van der Waals surface area contributed by atoms with Gasteiger partial charge in [0, 0.05) is 22.9 Å². The zero-order valence-corrected chi connectivity index (χ0v) is 11.7. The second-order valence-electron chi connectivity index (χ2n) is 4.85. The number of hydrogen-bond acceptors (Lipinski definition) is 3. The summed E-state index contributed by atoms with van der Waals surface area (Å²) in [5, 5.41) is 3.46. The van der Waals surface area contributed by atoms with E-state index in [1.165, 1.54) is 17.4 Å². The summed E-state index contributed by atoms with van der Waals surface area (Å²) in [4.78, 5) is 5.48. The van der Waals surface area contributed by atoms with E-state index in [4.69, 9.17) is 0 Å². The van der Waals surface area contributed by atoms with Gasteiger partial charge in [-0.15, -0.1) is 11.3 Å². The molecule has 1 saturated carbocycles. The zero-order chi connectivity index (χ0) is 14.3. The van der Waals surface area contributed by atoms with Gasteiger partial charge >= 0.3 is 0 Å². The van der Waals surface area contributed by atoms with Crippen molar-refractivity contribution >= 4 is 11.3 Å². The number of benzene rings is 1. The summed E-state index contributed by atoms with van der Waals surface area (Å²) < 4.78 is 40.1. The summed E-state index contributed by atoms with van der Waals surface area (Å²) in [6.45, 7) is 0.648. The third-order valence-electron chi connectivity index (χ3n) is 3.29. The van der Waals surface area contributed by atoms with E-state index in [1.807, 2.05) is 7.05 Å². The predicted octanol–water partition coefficient (Wildman–Crippen LogP) is 3.82. The van der Waals surface area contributed by atoms with Crippen LogP contribution >= 0.6 is 11.3 Å². The molecule has 0 unspecified atom stereocenters. The van der Waals surface area contributed by atoms with Gasteiger partial charge in [-0.25, -0.2) is 18.2 Å². The predicted molar refractivity (Wildman–Crippen MR) is 72.2 cm³/mol. The molecular formula is C14H13F3N2S. The van der Waals surface area contributed by atoms with Crippen molar-refractivity contribution in [3.05, 3.63) is 40.2 Å². The summed E-state index contributed by atoms with van der Waals surface area (Å²) >= 11 is 1.33. The van der Waals surface area contributed by atoms with Crippen molar-refractivity contribution in [2.24, 2.45) is 0 Å². The van der Waals surface area contributed by atoms with Crippen LogP contribution in [-0.4, -0.2) is 12.0 Å². The molecule has 1 fully saturated rings. The van der Waals surface area contributed by atoms with Crippen LogP contribution in [0.2, 0.25) is 0 Å². The van der Waals surface area contributed by atoms with Gasteiger partial charge in [-0.1, -0.05) is 0 Å². The molecule has 0 saturated heterocycles. The summed E-state index contributed by atoms with van der Waals surface area (Å²) in [5.74, 6) is -3.37. The first-order chi connectivity index (χ1) is 9.61. The largest absolute Gasteiger partial charge is 0.315 e. The molecule has 1 heterocycles. The molecule has 1 aromatic carbocycles. The van der Waals surface area contributed by atoms with Crippen LogP contribution in [0.5, 0.6) is 0 Å². The van der Waals surface area contributed by atoms with Crippen molar-refractivity contribution in [3.8, 4) is 10.6 Å². The van der Waals surface area contributed by atoms with Crippen LogP contribution in [0.1, 0.15) is 29.3 Å². The van der Waals surface area contributed by atoms with Gasteiger partial charge < -0.3 is 5.32 Å². The van der Waals surface area contributed by atoms with E-state index in [2.05, 4.69) is 10.3 Å². The minimum atomic E-state index is -1.44. The molecule has 1 aliphatic carbocycles. The molecule has 1 aliphatic rings. The minimum absolute atomic E-state index is 0.0261. The first-order valence-corrected chi connectivity index (χ1v) is 7.21. The highest BCUT2D eigenvalue weighted by Gasteiger charge is 2.30. The number of hydrogen-bond donors (Lipinski definition) is 1. The molecule has 2 aromatic rings. The van der Waals surface area contributed by atoms with Gasteiger partial charge in [0.15, 0.2) is 17.5 Å². The fraction of sp³-hybridized carbons (Fsp3) is 0.357. The van der Waals surface area contributed by atoms with Gasteiger partial charge in [0.2, 0.25) is 0 Å². The van der Waals surface area contributed by atoms with Gasteiger partial charge in [-0.2, -0.15) is 0 Å². The monoisotopic (exact) mass is 298 g/mol. The Labute approximate surface area is 118 Å². The van der Waals surface area contributed by atoms with E-state index in [0.717, 1.165) is 29.5 Å². The Balaban J connectivity index is 2.06. The average molecular weight is 298 g/mol. The Hall–Kier alpha value is -1.40. The third-order valence-corrected chi connectivity index (χ3v) is 4.40. The van der Waals surface area contributed by atoms with Crippen molar-refractivity contribution in [1.29, 1.82) is 0 Å². The van der Waals surface area contributed by atoms with Gasteiger partial charge in [0.1, 0.15) is 5.01 Å². The molecule has 0 bridgehead atoms. The van der Waals surface area contributed by atoms with Crippen LogP contribution in [0.25, 0.3) is 10.6 Å². The van der Waals surface area contributed by atoms with Crippen LogP contribution in [0.3, 0.4) is 0 Å². The van der Waals surface area contributed by atoms with Gasteiger partial charge in [-0.05, 0) is 32.0 Å². The Morgan fingerprint density at radius 3 is 2.65 bits per heavy atom. The topological polar surface area (TPSA) is 24.9 Å². The Morgan fingerprint density at radius 1 is 1.25 bits per heavy atom. The highest BCUT2D eigenvalue weighted by atomic mass is 32.1. The van der Waals surface area contributed by atoms with Crippen LogP contribution in [0, 0.1) is 17.5 Å². The molecule has 6 heteroatoms. The number of rotatable bonds is 4. The lowest BCUT2D eigenvalue weighted by Crippen LogP contribution is -2.05. The van der Waals surface area contributed by atoms with Crippen LogP contribution in [-0.2, 0) is 6.54 Å². The Bertz CT molecular complexity index is 650. The molecule has 2 nitrogen and oxygen atoms in total. The maximum atomic E-state index is 13.8. The average Bonchev–Trinajstić information content (AvgIpc) is 3.19. The molecule has 0 atom stereocenters. The van der Waals surface area contributed by atoms with E-state index in [1.54, 1.807) is 0 Å². The summed E-state index contributed by atoms with van der Waals surface area (Å²) in [5.41, 5.74) is 0.988. The number of halogens is 3. The zero-order valence-electron chi connectivity index (χ0n) is 10.8. The smallest absolute Gasteiger partial charge is 0.195 e. The Kier molecular flexibility index (Phi) is 3.52. The summed E-state index contributed by atoms with van der Waals surface area (Å²) in [6.07, 6.45) is 2.17. The van der Waals surface area contributed by atoms with E-state index in [-0.39, 0.29) is 5.56 Å². The Morgan fingerprint density at radius 2 is 2.00 bits per heavy atom. The van der Waals surface area contributed by atoms with Crippen molar-refractivity contribution in [2.45, 2.75) is 25.3 Å². The van der Waals surface area contributed by atoms with Crippen molar-refractivity contribution in [1.82, 2.24) is 10.3 Å². The van der Waals surface area contributed by atoms with Crippen LogP contribution in [0.15, 0.2) is 12.1 Å². The van der Waals surface area contributed by atoms with Crippen LogP contribution < -0.4 is 5.32 Å². The second kappa shape index (κ2) is 5.18. The SMILES string of the molecule is CNCc1sc(-c2ccc(F)c(F)c2F)nc1C1CC1. The maximum absolute atomic E-state index is 13.8. The highest BCUT2D eigenvalue weighted by Crippen LogP contribution is 2.44. The van der Waals surface area contributed by atoms with Crippen LogP contribution in [0.4, 0.5) is 13.2 Å². The minimum Gasteiger partial charge on any atom is -0.315 e. The van der Waals surface area contributed by atoms with Crippen molar-refractivity contribution in [2.75, 3.05) is 7.05 Å². The van der Waals surface area contributed by atoms with Gasteiger partial charge in [0.05, 0.1) is 5.69 Å². The standard InChI is InChI=1S/C14H13F3N2S/c1-18-6-10-13(7-2-3-7)19-14(20-10)8-4-5-9(15)12(17)11(8)16/h4-5,7,18H,2-3,6H2,1H3. The van der Waals surface area contributed by atoms with Crippen molar-refractivity contribution in [3.63, 3.8) is 0 Å². The summed E-state index contributed by atoms with van der Waals surface area (Å²) in [6, 6.07) is 2.18. The van der Waals surface area contributed by atoms with E-state index >= 15 is 0 Å². The quantitative estimate of drug-likeness (QED) is 0.868. The molecule has 0 radical (unpaired) electrons. The number of aromatic nitrogens is 1. The fourth-order valence-electron chi connectivity index (χ4n) is 2.13. The molecule has 1 N–H and O–H groups in total. The van der Waals surface area contributed by atoms with Crippen molar-refractivity contribution < 1.29 is 13.2 Å². The lowest BCUT2D eigenvalue weighted by molar-refractivity contribution is 0.449. The van der Waals surface area contributed by atoms with E-state index in [9.17, 15) is 13.2 Å². The summed E-state index contributed by atoms with van der Waals surface area (Å²) in [7, 11) is 1.83. The molecule has 3 rings (SSSR count). The first-order valence-electron chi connectivity index (χ1n) is 6.40. The molecule has 106 valence electrons. The molecule has 1 aromatic heterocycles. The van der Waals surface area contributed by atoms with E-state index < -0.39 is 17.5 Å². The molecule has 0 aliphatic heterocycles. The van der Waals surface area contributed by atoms with E-state index in [0.29, 0.717) is 17.5 Å². The number of nitrogens with zero attached hydrogens (tertiary/aromatic N) is 1. The second-order valence-corrected chi connectivity index (χ2v) is 5.94. The molecule has 0 spiro atoms. The van der Waals surface area contributed by atoms with Gasteiger partial charge in [-0.3, -0.25) is 0 Å². The lowest BCUT2D eigenvalue weighted by Gasteiger charge is -2.00. The van der Waals surface area contributed by atoms with Gasteiger partial charge in [0.25, 0.3) is 0 Å². The molecular weight excluding hydrogens is 285 g/mol. The maximum Gasteiger partial charge on any atom is 0.195 e. The highest BCUT2D eigenvalue weighted by molar-refractivity contribution is 7.15. The third kappa shape index (κ3) is 2.33. The first kappa shape index (κ1) is 13.6. The lowest BCUT2D eigenvalue weighted by atomic mass is 10.2. The number of thiazole rings is 1. The number of nitrogens with one attached hydrogen (secondary N) is 1. The molecule has 0 amide bonds. The fourth-order valence-corrected chi connectivity index (χ4v) is 3.31.